The number of amides is 2. The van der Waals surface area contributed by atoms with Crippen LogP contribution >= 0.6 is 0 Å². The van der Waals surface area contributed by atoms with Crippen LogP contribution in [0.2, 0.25) is 0 Å². The number of aliphatic hydroxyl groups is 8. The molecule has 17 nitrogen and oxygen atoms in total. The first-order chi connectivity index (χ1) is 17.9. The number of nitrogens with one attached hydrogen (secondary N) is 2. The molecule has 3 aliphatic heterocycles. The maximum absolute atomic E-state index is 11.9. The van der Waals surface area contributed by atoms with Gasteiger partial charge in [-0.25, -0.2) is 0 Å². The van der Waals surface area contributed by atoms with E-state index in [9.17, 15) is 50.4 Å². The lowest BCUT2D eigenvalue weighted by Crippen LogP contribution is -2.69. The second kappa shape index (κ2) is 13.2. The Kier molecular flexibility index (Phi) is 10.7. The van der Waals surface area contributed by atoms with Crippen molar-refractivity contribution >= 4 is 11.8 Å². The van der Waals surface area contributed by atoms with E-state index in [0.717, 1.165) is 13.8 Å². The number of hydrogen-bond acceptors (Lipinski definition) is 15. The van der Waals surface area contributed by atoms with Crippen LogP contribution in [0, 0.1) is 0 Å². The molecule has 3 aliphatic rings. The van der Waals surface area contributed by atoms with E-state index in [-0.39, 0.29) is 0 Å². The van der Waals surface area contributed by atoms with Crippen LogP contribution in [0.25, 0.3) is 0 Å². The third-order valence-electron chi connectivity index (χ3n) is 6.55. The second-order valence-corrected chi connectivity index (χ2v) is 9.32. The molecule has 3 heterocycles. The summed E-state index contributed by atoms with van der Waals surface area (Å²) in [5.41, 5.74) is 0. The Morgan fingerprint density at radius 1 is 0.632 bits per heavy atom. The largest absolute Gasteiger partial charge is 0.394 e. The van der Waals surface area contributed by atoms with Gasteiger partial charge in [0.15, 0.2) is 18.9 Å². The van der Waals surface area contributed by atoms with E-state index in [4.69, 9.17) is 23.7 Å². The van der Waals surface area contributed by atoms with Crippen molar-refractivity contribution in [1.29, 1.82) is 0 Å². The van der Waals surface area contributed by atoms with Crippen molar-refractivity contribution in [3.05, 3.63) is 0 Å². The van der Waals surface area contributed by atoms with Gasteiger partial charge in [-0.3, -0.25) is 9.59 Å². The molecule has 0 bridgehead atoms. The second-order valence-electron chi connectivity index (χ2n) is 9.32. The minimum atomic E-state index is -1.70. The van der Waals surface area contributed by atoms with Gasteiger partial charge in [0.1, 0.15) is 67.0 Å². The van der Waals surface area contributed by atoms with Crippen molar-refractivity contribution in [1.82, 2.24) is 10.6 Å². The summed E-state index contributed by atoms with van der Waals surface area (Å²) in [4.78, 5) is 23.6. The number of carbonyl (C=O) groups is 2. The first-order valence-electron chi connectivity index (χ1n) is 12.0. The van der Waals surface area contributed by atoms with Crippen molar-refractivity contribution in [2.24, 2.45) is 0 Å². The van der Waals surface area contributed by atoms with E-state index in [1.807, 2.05) is 0 Å². The third-order valence-corrected chi connectivity index (χ3v) is 6.55. The molecule has 17 heteroatoms. The predicted octanol–water partition coefficient (Wildman–Crippen LogP) is -6.65. The molecular formula is C21H36N2O15. The zero-order chi connectivity index (χ0) is 28.3. The van der Waals surface area contributed by atoms with Gasteiger partial charge in [0, 0.05) is 13.8 Å². The van der Waals surface area contributed by atoms with Crippen molar-refractivity contribution in [3.8, 4) is 0 Å². The van der Waals surface area contributed by atoms with Crippen molar-refractivity contribution in [2.75, 3.05) is 19.8 Å². The Hall–Kier alpha value is -1.58. The standard InChI is InChI=1S/C21H36N2O15/c1-6(27)22-11-14(30)13(29)8(3-24)35-20(11)37-17-10(5-26)36-21(12(15(17)31)23-7(2)28)38-18-9(4-25)34-19(33)16(18)32/h8-21,24-26,29-33H,3-5H2,1-2H3,(H,22,27)(H,23,28)/t8-,9-,10-,11-,12-,13-,14-,15-,16+,17-,18-,19?,20+,21+/m1/s1. The van der Waals surface area contributed by atoms with E-state index in [1.54, 1.807) is 0 Å². The highest BCUT2D eigenvalue weighted by molar-refractivity contribution is 5.73. The van der Waals surface area contributed by atoms with Crippen LogP contribution in [0.1, 0.15) is 13.8 Å². The molecule has 0 saturated carbocycles. The SMILES string of the molecule is CC(=O)N[C@H]1[C@H](O[C@H]2[C@H](O)C(O)O[C@@H]2CO)O[C@H](CO)[C@@H](O[C@@H]2O[C@H](CO)[C@@H](O)[C@H](O)[C@H]2NC(C)=O)[C@@H]1O. The molecule has 14 atom stereocenters. The van der Waals surface area contributed by atoms with Gasteiger partial charge in [0.2, 0.25) is 11.8 Å². The Bertz CT molecular complexity index is 807. The first-order valence-corrected chi connectivity index (χ1v) is 12.0. The molecule has 38 heavy (non-hydrogen) atoms. The van der Waals surface area contributed by atoms with E-state index >= 15 is 0 Å². The first kappa shape index (κ1) is 31.0. The lowest BCUT2D eigenvalue weighted by Gasteiger charge is -2.48. The van der Waals surface area contributed by atoms with Crippen LogP contribution in [-0.4, -0.2) is 158 Å². The van der Waals surface area contributed by atoms with Crippen molar-refractivity contribution in [3.63, 3.8) is 0 Å². The molecule has 220 valence electrons. The summed E-state index contributed by atoms with van der Waals surface area (Å²) in [5, 5.41) is 85.7. The summed E-state index contributed by atoms with van der Waals surface area (Å²) in [6, 6.07) is -2.78. The highest BCUT2D eigenvalue weighted by Crippen LogP contribution is 2.32. The molecule has 0 aromatic heterocycles. The van der Waals surface area contributed by atoms with E-state index in [0.29, 0.717) is 0 Å². The molecule has 2 amide bonds. The molecule has 0 radical (unpaired) electrons. The molecule has 0 aliphatic carbocycles. The smallest absolute Gasteiger partial charge is 0.217 e. The maximum atomic E-state index is 11.9. The number of carbonyl (C=O) groups excluding carboxylic acids is 2. The fourth-order valence-corrected chi connectivity index (χ4v) is 4.67. The highest BCUT2D eigenvalue weighted by Gasteiger charge is 2.54. The van der Waals surface area contributed by atoms with Crippen LogP contribution in [0.5, 0.6) is 0 Å². The summed E-state index contributed by atoms with van der Waals surface area (Å²) >= 11 is 0. The predicted molar refractivity (Wildman–Crippen MR) is 118 cm³/mol. The number of rotatable bonds is 9. The number of aliphatic hydroxyl groups excluding tert-OH is 8. The van der Waals surface area contributed by atoms with Crippen molar-refractivity contribution in [2.45, 2.75) is 99.7 Å². The molecular weight excluding hydrogens is 520 g/mol. The van der Waals surface area contributed by atoms with Gasteiger partial charge in [-0.2, -0.15) is 0 Å². The highest BCUT2D eigenvalue weighted by atomic mass is 16.7. The Morgan fingerprint density at radius 3 is 1.53 bits per heavy atom. The summed E-state index contributed by atoms with van der Waals surface area (Å²) in [6.07, 6.45) is -18.1. The Morgan fingerprint density at radius 2 is 1.05 bits per heavy atom. The van der Waals surface area contributed by atoms with E-state index in [2.05, 4.69) is 10.6 Å². The minimum absolute atomic E-state index is 0.623. The zero-order valence-electron chi connectivity index (χ0n) is 20.6. The van der Waals surface area contributed by atoms with Gasteiger partial charge in [-0.05, 0) is 0 Å². The van der Waals surface area contributed by atoms with Crippen LogP contribution in [0.4, 0.5) is 0 Å². The topological polar surface area (TPSA) is 266 Å². The van der Waals surface area contributed by atoms with Crippen LogP contribution < -0.4 is 10.6 Å². The summed E-state index contributed by atoms with van der Waals surface area (Å²) in [7, 11) is 0. The summed E-state index contributed by atoms with van der Waals surface area (Å²) < 4.78 is 27.7. The van der Waals surface area contributed by atoms with Crippen molar-refractivity contribution < 1.29 is 74.1 Å². The molecule has 0 aromatic carbocycles. The number of hydrogen-bond donors (Lipinski definition) is 10. The number of ether oxygens (including phenoxy) is 5. The maximum Gasteiger partial charge on any atom is 0.217 e. The van der Waals surface area contributed by atoms with Gasteiger partial charge in [-0.1, -0.05) is 0 Å². The third kappa shape index (κ3) is 6.58. The Balaban J connectivity index is 1.86. The van der Waals surface area contributed by atoms with Crippen LogP contribution in [-0.2, 0) is 33.3 Å². The lowest BCUT2D eigenvalue weighted by atomic mass is 9.94. The molecule has 3 rings (SSSR count). The summed E-state index contributed by atoms with van der Waals surface area (Å²) in [5.74, 6) is -1.26. The Labute approximate surface area is 216 Å². The van der Waals surface area contributed by atoms with Gasteiger partial charge >= 0.3 is 0 Å². The van der Waals surface area contributed by atoms with E-state index < -0.39 is 118 Å². The minimum Gasteiger partial charge on any atom is -0.394 e. The van der Waals surface area contributed by atoms with Crippen LogP contribution in [0.3, 0.4) is 0 Å². The fraction of sp³-hybridized carbons (Fsp3) is 0.905. The van der Waals surface area contributed by atoms with E-state index in [1.165, 1.54) is 0 Å². The monoisotopic (exact) mass is 556 g/mol. The average molecular weight is 557 g/mol. The molecule has 3 saturated heterocycles. The molecule has 0 aromatic rings. The normalized spacial score (nSPS) is 45.5. The summed E-state index contributed by atoms with van der Waals surface area (Å²) in [6.45, 7) is 0.0995. The average Bonchev–Trinajstić information content (AvgIpc) is 3.14. The van der Waals surface area contributed by atoms with Gasteiger partial charge < -0.3 is 75.2 Å². The van der Waals surface area contributed by atoms with Crippen LogP contribution in [0.15, 0.2) is 0 Å². The molecule has 0 spiro atoms. The van der Waals surface area contributed by atoms with Gasteiger partial charge in [-0.15, -0.1) is 0 Å². The quantitative estimate of drug-likeness (QED) is 0.126. The molecule has 3 fully saturated rings. The van der Waals surface area contributed by atoms with Gasteiger partial charge in [0.25, 0.3) is 0 Å². The lowest BCUT2D eigenvalue weighted by molar-refractivity contribution is -0.338. The fourth-order valence-electron chi connectivity index (χ4n) is 4.67. The zero-order valence-corrected chi connectivity index (χ0v) is 20.6. The molecule has 1 unspecified atom stereocenters. The molecule has 10 N–H and O–H groups in total. The van der Waals surface area contributed by atoms with Gasteiger partial charge in [0.05, 0.1) is 19.8 Å².